The molecule has 0 fully saturated rings. The Morgan fingerprint density at radius 3 is 2.68 bits per heavy atom. The number of sulfonamides is 1. The number of amides is 1. The van der Waals surface area contributed by atoms with Crippen LogP contribution >= 0.6 is 11.6 Å². The van der Waals surface area contributed by atoms with E-state index in [1.54, 1.807) is 44.3 Å². The Balaban J connectivity index is 2.31. The van der Waals surface area contributed by atoms with Crippen molar-refractivity contribution in [2.75, 3.05) is 5.75 Å². The summed E-state index contributed by atoms with van der Waals surface area (Å²) >= 11 is 6.09. The van der Waals surface area contributed by atoms with Crippen molar-refractivity contribution in [3.05, 3.63) is 46.7 Å². The van der Waals surface area contributed by atoms with Gasteiger partial charge in [0, 0.05) is 11.8 Å². The lowest BCUT2D eigenvalue weighted by molar-refractivity contribution is 0.0975. The lowest BCUT2D eigenvalue weighted by atomic mass is 10.3. The molecule has 8 heteroatoms. The number of para-hydroxylation sites is 1. The molecule has 0 aliphatic heterocycles. The molecule has 0 spiro atoms. The maximum Gasteiger partial charge on any atom is 0.285 e. The van der Waals surface area contributed by atoms with Crippen LogP contribution in [0.2, 0.25) is 5.02 Å². The van der Waals surface area contributed by atoms with Gasteiger partial charge in [0.15, 0.2) is 5.69 Å². The summed E-state index contributed by atoms with van der Waals surface area (Å²) in [6.45, 7) is 3.41. The minimum Gasteiger partial charge on any atom is -0.266 e. The van der Waals surface area contributed by atoms with E-state index in [0.717, 1.165) is 0 Å². The van der Waals surface area contributed by atoms with Crippen LogP contribution in [0.1, 0.15) is 29.4 Å². The Bertz CT molecular complexity index is 799. The smallest absolute Gasteiger partial charge is 0.266 e. The van der Waals surface area contributed by atoms with E-state index in [1.807, 2.05) is 4.72 Å². The number of benzene rings is 1. The summed E-state index contributed by atoms with van der Waals surface area (Å²) in [5.41, 5.74) is 1.23. The molecule has 6 nitrogen and oxygen atoms in total. The molecule has 118 valence electrons. The van der Waals surface area contributed by atoms with Crippen molar-refractivity contribution in [1.82, 2.24) is 14.5 Å². The molecule has 1 N–H and O–H groups in total. The van der Waals surface area contributed by atoms with Crippen molar-refractivity contribution in [1.29, 1.82) is 0 Å². The number of carbonyl (C=O) groups is 1. The van der Waals surface area contributed by atoms with E-state index in [1.165, 1.54) is 4.68 Å². The van der Waals surface area contributed by atoms with E-state index in [2.05, 4.69) is 5.10 Å². The van der Waals surface area contributed by atoms with Gasteiger partial charge in [-0.2, -0.15) is 5.10 Å². The third-order valence-corrected chi connectivity index (χ3v) is 4.69. The molecule has 2 rings (SSSR count). The molecule has 0 bridgehead atoms. The highest BCUT2D eigenvalue weighted by Gasteiger charge is 2.20. The highest BCUT2D eigenvalue weighted by atomic mass is 35.5. The Kier molecular flexibility index (Phi) is 4.87. The predicted octanol–water partition coefficient (Wildman–Crippen LogP) is 2.30. The van der Waals surface area contributed by atoms with Gasteiger partial charge in [-0.15, -0.1) is 0 Å². The zero-order valence-electron chi connectivity index (χ0n) is 12.2. The molecule has 1 heterocycles. The summed E-state index contributed by atoms with van der Waals surface area (Å²) in [7, 11) is -3.63. The zero-order chi connectivity index (χ0) is 16.3. The first-order valence-corrected chi connectivity index (χ1v) is 8.73. The number of aromatic nitrogens is 2. The molecule has 1 aromatic heterocycles. The molecular weight excluding hydrogens is 326 g/mol. The summed E-state index contributed by atoms with van der Waals surface area (Å²) in [6.07, 6.45) is 2.05. The van der Waals surface area contributed by atoms with Crippen LogP contribution in [-0.4, -0.2) is 29.9 Å². The summed E-state index contributed by atoms with van der Waals surface area (Å²) in [5.74, 6) is -0.847. The third kappa shape index (κ3) is 3.66. The topological polar surface area (TPSA) is 81.1 Å². The number of carbonyl (C=O) groups excluding carboxylic acids is 1. The van der Waals surface area contributed by atoms with Crippen molar-refractivity contribution >= 4 is 27.5 Å². The molecule has 0 unspecified atom stereocenters. The van der Waals surface area contributed by atoms with Crippen molar-refractivity contribution in [2.24, 2.45) is 0 Å². The van der Waals surface area contributed by atoms with Crippen LogP contribution in [0, 0.1) is 6.92 Å². The number of aryl methyl sites for hydroxylation is 1. The molecule has 0 saturated heterocycles. The van der Waals surface area contributed by atoms with E-state index < -0.39 is 15.9 Å². The number of halogens is 1. The van der Waals surface area contributed by atoms with Crippen LogP contribution in [-0.2, 0) is 10.0 Å². The quantitative estimate of drug-likeness (QED) is 0.904. The standard InChI is InChI=1S/C14H16ClN3O3S/c1-3-8-22(20,21)17-14(19)13-10(2)9-18(16-13)12-7-5-4-6-11(12)15/h4-7,9H,3,8H2,1-2H3,(H,17,19). The predicted molar refractivity (Wildman–Crippen MR) is 84.9 cm³/mol. The van der Waals surface area contributed by atoms with Crippen LogP contribution in [0.15, 0.2) is 30.5 Å². The van der Waals surface area contributed by atoms with Crippen molar-refractivity contribution < 1.29 is 13.2 Å². The number of nitrogens with one attached hydrogen (secondary N) is 1. The average molecular weight is 342 g/mol. The van der Waals surface area contributed by atoms with E-state index in [9.17, 15) is 13.2 Å². The van der Waals surface area contributed by atoms with Crippen LogP contribution in [0.4, 0.5) is 0 Å². The second-order valence-electron chi connectivity index (χ2n) is 4.81. The first kappa shape index (κ1) is 16.5. The normalized spacial score (nSPS) is 11.4. The molecule has 0 aliphatic carbocycles. The van der Waals surface area contributed by atoms with Crippen molar-refractivity contribution in [3.63, 3.8) is 0 Å². The van der Waals surface area contributed by atoms with Crippen molar-refractivity contribution in [2.45, 2.75) is 20.3 Å². The second-order valence-corrected chi connectivity index (χ2v) is 7.06. The fraction of sp³-hybridized carbons (Fsp3) is 0.286. The van der Waals surface area contributed by atoms with Crippen LogP contribution < -0.4 is 4.72 Å². The van der Waals surface area contributed by atoms with E-state index in [-0.39, 0.29) is 11.4 Å². The van der Waals surface area contributed by atoms with Gasteiger partial charge in [-0.3, -0.25) is 4.79 Å². The average Bonchev–Trinajstić information content (AvgIpc) is 2.80. The van der Waals surface area contributed by atoms with Gasteiger partial charge in [-0.25, -0.2) is 17.8 Å². The monoisotopic (exact) mass is 341 g/mol. The van der Waals surface area contributed by atoms with Gasteiger partial charge in [0.25, 0.3) is 5.91 Å². The maximum atomic E-state index is 12.1. The van der Waals surface area contributed by atoms with Gasteiger partial charge in [0.2, 0.25) is 10.0 Å². The van der Waals surface area contributed by atoms with E-state index in [0.29, 0.717) is 22.7 Å². The number of hydrogen-bond acceptors (Lipinski definition) is 4. The molecular formula is C14H16ClN3O3S. The molecule has 0 saturated carbocycles. The van der Waals surface area contributed by atoms with Crippen LogP contribution in [0.3, 0.4) is 0 Å². The lowest BCUT2D eigenvalue weighted by Gasteiger charge is -2.05. The largest absolute Gasteiger partial charge is 0.285 e. The van der Waals surface area contributed by atoms with Gasteiger partial charge < -0.3 is 0 Å². The van der Waals surface area contributed by atoms with Crippen LogP contribution in [0.5, 0.6) is 0 Å². The highest BCUT2D eigenvalue weighted by molar-refractivity contribution is 7.90. The number of nitrogens with zero attached hydrogens (tertiary/aromatic N) is 2. The van der Waals surface area contributed by atoms with Crippen molar-refractivity contribution in [3.8, 4) is 5.69 Å². The Morgan fingerprint density at radius 1 is 1.36 bits per heavy atom. The SMILES string of the molecule is CCCS(=O)(=O)NC(=O)c1nn(-c2ccccc2Cl)cc1C. The third-order valence-electron chi connectivity index (χ3n) is 2.93. The Labute approximate surface area is 134 Å². The lowest BCUT2D eigenvalue weighted by Crippen LogP contribution is -2.33. The fourth-order valence-corrected chi connectivity index (χ4v) is 3.20. The zero-order valence-corrected chi connectivity index (χ0v) is 13.8. The molecule has 0 atom stereocenters. The van der Waals surface area contributed by atoms with E-state index >= 15 is 0 Å². The number of rotatable bonds is 5. The minimum absolute atomic E-state index is 0.0552. The molecule has 22 heavy (non-hydrogen) atoms. The summed E-state index contributed by atoms with van der Waals surface area (Å²) in [4.78, 5) is 12.1. The van der Waals surface area contributed by atoms with Gasteiger partial charge in [-0.05, 0) is 25.5 Å². The van der Waals surface area contributed by atoms with E-state index in [4.69, 9.17) is 11.6 Å². The second kappa shape index (κ2) is 6.50. The molecule has 0 radical (unpaired) electrons. The first-order chi connectivity index (χ1) is 10.3. The molecule has 1 aromatic carbocycles. The Morgan fingerprint density at radius 2 is 2.05 bits per heavy atom. The molecule has 2 aromatic rings. The maximum absolute atomic E-state index is 12.1. The van der Waals surface area contributed by atoms with Gasteiger partial charge in [0.05, 0.1) is 16.5 Å². The Hall–Kier alpha value is -1.86. The minimum atomic E-state index is -3.63. The van der Waals surface area contributed by atoms with Gasteiger partial charge in [-0.1, -0.05) is 30.7 Å². The summed E-state index contributed by atoms with van der Waals surface area (Å²) in [6, 6.07) is 7.04. The summed E-state index contributed by atoms with van der Waals surface area (Å²) in [5, 5.41) is 4.62. The number of hydrogen-bond donors (Lipinski definition) is 1. The van der Waals surface area contributed by atoms with Crippen LogP contribution in [0.25, 0.3) is 5.69 Å². The molecule has 0 aliphatic rings. The molecule has 1 amide bonds. The fourth-order valence-electron chi connectivity index (χ4n) is 1.95. The van der Waals surface area contributed by atoms with Gasteiger partial charge in [0.1, 0.15) is 0 Å². The van der Waals surface area contributed by atoms with Gasteiger partial charge >= 0.3 is 0 Å². The summed E-state index contributed by atoms with van der Waals surface area (Å²) < 4.78 is 26.8. The first-order valence-electron chi connectivity index (χ1n) is 6.70. The highest BCUT2D eigenvalue weighted by Crippen LogP contribution is 2.20.